The maximum absolute atomic E-state index is 12.0. The Morgan fingerprint density at radius 2 is 2.28 bits per heavy atom. The summed E-state index contributed by atoms with van der Waals surface area (Å²) in [6, 6.07) is 0. The minimum atomic E-state index is -0.400. The highest BCUT2D eigenvalue weighted by atomic mass is 32.1. The van der Waals surface area contributed by atoms with Crippen LogP contribution in [0.5, 0.6) is 0 Å². The second-order valence-corrected chi connectivity index (χ2v) is 4.72. The van der Waals surface area contributed by atoms with Gasteiger partial charge in [-0.3, -0.25) is 9.69 Å². The first-order chi connectivity index (χ1) is 8.67. The lowest BCUT2D eigenvalue weighted by molar-refractivity contribution is -0.125. The molecule has 1 atom stereocenters. The molecule has 2 aliphatic heterocycles. The summed E-state index contributed by atoms with van der Waals surface area (Å²) >= 11 is 4.88. The molecule has 0 aromatic heterocycles. The number of allylic oxidation sites excluding steroid dienone is 3. The summed E-state index contributed by atoms with van der Waals surface area (Å²) < 4.78 is 5.54. The van der Waals surface area contributed by atoms with Crippen molar-refractivity contribution in [2.75, 3.05) is 20.1 Å². The molecule has 4 nitrogen and oxygen atoms in total. The number of rotatable bonds is 3. The zero-order valence-electron chi connectivity index (χ0n) is 10.8. The highest BCUT2D eigenvalue weighted by molar-refractivity contribution is 7.79. The fourth-order valence-corrected chi connectivity index (χ4v) is 2.45. The number of hydrogen-bond donors (Lipinski definition) is 0. The number of nitrogens with zero attached hydrogens (tertiary/aromatic N) is 2. The second kappa shape index (κ2) is 5.52. The van der Waals surface area contributed by atoms with E-state index in [2.05, 4.69) is 11.9 Å². The summed E-state index contributed by atoms with van der Waals surface area (Å²) in [5.74, 6) is 0.303. The molecule has 98 valence electrons. The van der Waals surface area contributed by atoms with Gasteiger partial charge in [0.2, 0.25) is 6.23 Å². The fourth-order valence-electron chi connectivity index (χ4n) is 2.25. The normalized spacial score (nSPS) is 28.3. The van der Waals surface area contributed by atoms with E-state index in [-0.39, 0.29) is 5.91 Å². The van der Waals surface area contributed by atoms with Crippen LogP contribution < -0.4 is 0 Å². The van der Waals surface area contributed by atoms with E-state index >= 15 is 0 Å². The molecular weight excluding hydrogens is 248 g/mol. The molecule has 2 fully saturated rings. The molecule has 0 bridgehead atoms. The maximum atomic E-state index is 12.0. The van der Waals surface area contributed by atoms with Gasteiger partial charge in [-0.15, -0.1) is 0 Å². The van der Waals surface area contributed by atoms with Gasteiger partial charge < -0.3 is 9.64 Å². The Morgan fingerprint density at radius 1 is 1.50 bits per heavy atom. The number of carbonyl (C=O) groups is 1. The first-order valence-electron chi connectivity index (χ1n) is 6.22. The Kier molecular flexibility index (Phi) is 4.01. The van der Waals surface area contributed by atoms with Crippen molar-refractivity contribution in [1.29, 1.82) is 0 Å². The lowest BCUT2D eigenvalue weighted by Crippen LogP contribution is -2.33. The number of thiocarbonyl (C=S) groups is 1. The van der Waals surface area contributed by atoms with Gasteiger partial charge in [-0.2, -0.15) is 0 Å². The van der Waals surface area contributed by atoms with Gasteiger partial charge in [0.25, 0.3) is 5.91 Å². The Morgan fingerprint density at radius 3 is 2.78 bits per heavy atom. The van der Waals surface area contributed by atoms with Gasteiger partial charge in [-0.1, -0.05) is 12.2 Å². The zero-order valence-corrected chi connectivity index (χ0v) is 11.6. The van der Waals surface area contributed by atoms with E-state index in [9.17, 15) is 4.79 Å². The number of hydrogen-bond acceptors (Lipinski definition) is 4. The molecule has 5 heteroatoms. The molecule has 0 aromatic rings. The lowest BCUT2D eigenvalue weighted by Gasteiger charge is -2.15. The Bertz CT molecular complexity index is 417. The first-order valence-corrected chi connectivity index (χ1v) is 6.69. The molecule has 2 saturated heterocycles. The van der Waals surface area contributed by atoms with E-state index < -0.39 is 6.23 Å². The van der Waals surface area contributed by atoms with E-state index in [0.29, 0.717) is 12.3 Å². The average Bonchev–Trinajstić information content (AvgIpc) is 2.90. The molecule has 18 heavy (non-hydrogen) atoms. The number of likely N-dealkylation sites (N-methyl/N-ethyl adjacent to an activating group) is 1. The van der Waals surface area contributed by atoms with Crippen LogP contribution in [0.2, 0.25) is 0 Å². The number of likely N-dealkylation sites (tertiary alicyclic amines) is 1. The number of ether oxygens (including phenoxy) is 1. The first kappa shape index (κ1) is 13.1. The van der Waals surface area contributed by atoms with Crippen LogP contribution in [0.1, 0.15) is 19.8 Å². The van der Waals surface area contributed by atoms with Gasteiger partial charge in [0.15, 0.2) is 5.76 Å². The predicted octanol–water partition coefficient (Wildman–Crippen LogP) is 1.68. The summed E-state index contributed by atoms with van der Waals surface area (Å²) in [6.07, 6.45) is 5.57. The van der Waals surface area contributed by atoms with E-state index in [1.807, 2.05) is 13.0 Å². The van der Waals surface area contributed by atoms with Gasteiger partial charge in [0.1, 0.15) is 0 Å². The molecule has 0 N–H and O–H groups in total. The van der Waals surface area contributed by atoms with Crippen molar-refractivity contribution in [3.8, 4) is 0 Å². The zero-order chi connectivity index (χ0) is 13.1. The summed E-state index contributed by atoms with van der Waals surface area (Å²) in [5.41, 5.74) is 1.24. The lowest BCUT2D eigenvalue weighted by atomic mass is 10.3. The Hall–Kier alpha value is -1.36. The standard InChI is InChI=1S/C13H18N2O2S/c1-3-15-12(9-18)17-11(13(15)16)7-6-10-5-4-8-14(10)2/h6-7,9,12H,3-5,8H2,1-2H3. The van der Waals surface area contributed by atoms with E-state index in [4.69, 9.17) is 17.0 Å². The van der Waals surface area contributed by atoms with Gasteiger partial charge in [-0.05, 0) is 31.9 Å². The van der Waals surface area contributed by atoms with Crippen LogP contribution in [0.15, 0.2) is 23.6 Å². The Balaban J connectivity index is 2.14. The Labute approximate surface area is 113 Å². The fraction of sp³-hybridized carbons (Fsp3) is 0.538. The summed E-state index contributed by atoms with van der Waals surface area (Å²) in [4.78, 5) is 15.8. The molecule has 2 rings (SSSR count). The molecule has 0 aromatic carbocycles. The van der Waals surface area contributed by atoms with Crippen molar-refractivity contribution in [3.05, 3.63) is 23.6 Å². The molecule has 0 aliphatic carbocycles. The van der Waals surface area contributed by atoms with Gasteiger partial charge in [-0.25, -0.2) is 0 Å². The molecule has 2 aliphatic rings. The third kappa shape index (κ3) is 2.41. The van der Waals surface area contributed by atoms with Crippen LogP contribution in [0, 0.1) is 0 Å². The molecule has 0 saturated carbocycles. The van der Waals surface area contributed by atoms with Crippen LogP contribution in [0.3, 0.4) is 0 Å². The average molecular weight is 266 g/mol. The van der Waals surface area contributed by atoms with Gasteiger partial charge >= 0.3 is 0 Å². The molecular formula is C13H18N2O2S. The van der Waals surface area contributed by atoms with Crippen LogP contribution >= 0.6 is 12.2 Å². The minimum Gasteiger partial charge on any atom is -0.460 e. The monoisotopic (exact) mass is 266 g/mol. The maximum Gasteiger partial charge on any atom is 0.292 e. The molecule has 2 heterocycles. The third-order valence-corrected chi connectivity index (χ3v) is 3.56. The summed E-state index contributed by atoms with van der Waals surface area (Å²) in [6.45, 7) is 3.59. The predicted molar refractivity (Wildman–Crippen MR) is 73.9 cm³/mol. The number of carbonyl (C=O) groups excluding carboxylic acids is 1. The molecule has 0 spiro atoms. The topological polar surface area (TPSA) is 32.8 Å². The smallest absolute Gasteiger partial charge is 0.292 e. The van der Waals surface area contributed by atoms with Crippen LogP contribution in [0.25, 0.3) is 0 Å². The highest BCUT2D eigenvalue weighted by Crippen LogP contribution is 2.22. The third-order valence-electron chi connectivity index (χ3n) is 3.33. The molecule has 1 amide bonds. The van der Waals surface area contributed by atoms with Gasteiger partial charge in [0, 0.05) is 31.2 Å². The minimum absolute atomic E-state index is 0.0823. The van der Waals surface area contributed by atoms with Crippen LogP contribution in [-0.2, 0) is 9.53 Å². The van der Waals surface area contributed by atoms with Crippen molar-refractivity contribution >= 4 is 23.5 Å². The van der Waals surface area contributed by atoms with Crippen molar-refractivity contribution in [2.24, 2.45) is 0 Å². The van der Waals surface area contributed by atoms with E-state index in [1.165, 1.54) is 17.5 Å². The van der Waals surface area contributed by atoms with Crippen LogP contribution in [0.4, 0.5) is 0 Å². The SMILES string of the molecule is CCN1C(=O)C(=CC=C2CCCN2C)OC1C=S. The van der Waals surface area contributed by atoms with Gasteiger partial charge in [0.05, 0.1) is 0 Å². The second-order valence-electron chi connectivity index (χ2n) is 4.45. The van der Waals surface area contributed by atoms with E-state index in [1.54, 1.807) is 11.0 Å². The summed E-state index contributed by atoms with van der Waals surface area (Å²) in [5, 5.41) is 1.48. The number of amides is 1. The summed E-state index contributed by atoms with van der Waals surface area (Å²) in [7, 11) is 2.06. The van der Waals surface area contributed by atoms with Crippen molar-refractivity contribution in [2.45, 2.75) is 26.0 Å². The quantitative estimate of drug-likeness (QED) is 0.575. The van der Waals surface area contributed by atoms with Crippen LogP contribution in [-0.4, -0.2) is 47.4 Å². The van der Waals surface area contributed by atoms with Crippen molar-refractivity contribution in [1.82, 2.24) is 9.80 Å². The van der Waals surface area contributed by atoms with Crippen molar-refractivity contribution in [3.63, 3.8) is 0 Å². The highest BCUT2D eigenvalue weighted by Gasteiger charge is 2.34. The largest absolute Gasteiger partial charge is 0.460 e. The van der Waals surface area contributed by atoms with E-state index in [0.717, 1.165) is 13.0 Å². The van der Waals surface area contributed by atoms with Crippen molar-refractivity contribution < 1.29 is 9.53 Å². The molecule has 1 unspecified atom stereocenters. The molecule has 0 radical (unpaired) electrons.